The number of aromatic amines is 1. The number of hydrogen-bond donors (Lipinski definition) is 1. The maximum Gasteiger partial charge on any atom is 0.308 e. The van der Waals surface area contributed by atoms with E-state index in [1.165, 1.54) is 6.92 Å². The van der Waals surface area contributed by atoms with Crippen molar-refractivity contribution in [3.63, 3.8) is 0 Å². The average Bonchev–Trinajstić information content (AvgIpc) is 2.71. The number of halogens is 1. The largest absolute Gasteiger partial charge is 0.427 e. The number of esters is 1. The van der Waals surface area contributed by atoms with Crippen molar-refractivity contribution in [1.29, 1.82) is 5.26 Å². The third-order valence-corrected chi connectivity index (χ3v) is 2.65. The number of ether oxygens (including phenoxy) is 1. The van der Waals surface area contributed by atoms with Gasteiger partial charge in [-0.3, -0.25) is 4.79 Å². The van der Waals surface area contributed by atoms with Gasteiger partial charge in [0.2, 0.25) is 0 Å². The van der Waals surface area contributed by atoms with Crippen molar-refractivity contribution in [2.75, 3.05) is 0 Å². The molecule has 2 aromatic rings. The summed E-state index contributed by atoms with van der Waals surface area (Å²) < 4.78 is 4.93. The quantitative estimate of drug-likeness (QED) is 0.666. The van der Waals surface area contributed by atoms with Crippen molar-refractivity contribution < 1.29 is 9.53 Å². The number of aromatic nitrogens is 1. The zero-order valence-electron chi connectivity index (χ0n) is 9.53. The summed E-state index contributed by atoms with van der Waals surface area (Å²) >= 11 is 6.01. The number of nitrogens with zero attached hydrogens (tertiary/aromatic N) is 1. The molecule has 5 heteroatoms. The number of benzene rings is 1. The van der Waals surface area contributed by atoms with E-state index >= 15 is 0 Å². The fourth-order valence-electron chi connectivity index (χ4n) is 1.63. The molecule has 90 valence electrons. The van der Waals surface area contributed by atoms with Gasteiger partial charge < -0.3 is 9.72 Å². The van der Waals surface area contributed by atoms with Crippen LogP contribution in [0.15, 0.2) is 30.5 Å². The summed E-state index contributed by atoms with van der Waals surface area (Å²) in [7, 11) is 0. The van der Waals surface area contributed by atoms with E-state index in [0.717, 1.165) is 5.56 Å². The first-order chi connectivity index (χ1) is 8.61. The van der Waals surface area contributed by atoms with Gasteiger partial charge >= 0.3 is 5.97 Å². The highest BCUT2D eigenvalue weighted by Crippen LogP contribution is 2.31. The lowest BCUT2D eigenvalue weighted by Gasteiger charge is -2.03. The molecule has 0 atom stereocenters. The molecule has 2 rings (SSSR count). The SMILES string of the molecule is CC(=O)Oc1ccc(-c2c(Cl)c[nH]c2C#N)cc1. The van der Waals surface area contributed by atoms with E-state index in [9.17, 15) is 4.79 Å². The van der Waals surface area contributed by atoms with Crippen LogP contribution in [0.2, 0.25) is 5.02 Å². The molecule has 4 nitrogen and oxygen atoms in total. The second-order valence-electron chi connectivity index (χ2n) is 3.62. The summed E-state index contributed by atoms with van der Waals surface area (Å²) in [5.41, 5.74) is 1.84. The van der Waals surface area contributed by atoms with Crippen LogP contribution in [0.5, 0.6) is 5.75 Å². The van der Waals surface area contributed by atoms with E-state index < -0.39 is 0 Å². The molecule has 1 aromatic heterocycles. The molecule has 0 aliphatic carbocycles. The van der Waals surface area contributed by atoms with Gasteiger partial charge in [0.15, 0.2) is 0 Å². The van der Waals surface area contributed by atoms with E-state index in [-0.39, 0.29) is 5.97 Å². The number of hydrogen-bond acceptors (Lipinski definition) is 3. The Morgan fingerprint density at radius 3 is 2.61 bits per heavy atom. The number of carbonyl (C=O) groups is 1. The maximum atomic E-state index is 10.8. The van der Waals surface area contributed by atoms with Crippen LogP contribution in [0.1, 0.15) is 12.6 Å². The summed E-state index contributed by atoms with van der Waals surface area (Å²) in [6.07, 6.45) is 1.56. The van der Waals surface area contributed by atoms with Gasteiger partial charge in [-0.05, 0) is 17.7 Å². The highest BCUT2D eigenvalue weighted by molar-refractivity contribution is 6.33. The fraction of sp³-hybridized carbons (Fsp3) is 0.0769. The fourth-order valence-corrected chi connectivity index (χ4v) is 1.88. The van der Waals surface area contributed by atoms with E-state index in [2.05, 4.69) is 4.98 Å². The number of nitriles is 1. The first-order valence-electron chi connectivity index (χ1n) is 5.17. The van der Waals surface area contributed by atoms with Gasteiger partial charge in [0.25, 0.3) is 0 Å². The minimum Gasteiger partial charge on any atom is -0.427 e. The highest BCUT2D eigenvalue weighted by atomic mass is 35.5. The lowest BCUT2D eigenvalue weighted by atomic mass is 10.1. The smallest absolute Gasteiger partial charge is 0.308 e. The Morgan fingerprint density at radius 1 is 1.39 bits per heavy atom. The minimum absolute atomic E-state index is 0.375. The average molecular weight is 261 g/mol. The molecule has 0 amide bonds. The molecule has 1 aromatic carbocycles. The zero-order chi connectivity index (χ0) is 13.1. The number of carbonyl (C=O) groups excluding carboxylic acids is 1. The Balaban J connectivity index is 2.38. The molecule has 0 bridgehead atoms. The van der Waals surface area contributed by atoms with Crippen LogP contribution in [0.25, 0.3) is 11.1 Å². The lowest BCUT2D eigenvalue weighted by Crippen LogP contribution is -2.00. The molecule has 1 heterocycles. The summed E-state index contributed by atoms with van der Waals surface area (Å²) in [4.78, 5) is 13.6. The molecular weight excluding hydrogens is 252 g/mol. The maximum absolute atomic E-state index is 10.8. The first kappa shape index (κ1) is 12.2. The predicted molar refractivity (Wildman–Crippen MR) is 67.3 cm³/mol. The second-order valence-corrected chi connectivity index (χ2v) is 4.02. The normalized spacial score (nSPS) is 9.83. The Bertz CT molecular complexity index is 623. The van der Waals surface area contributed by atoms with Crippen LogP contribution in [-0.2, 0) is 4.79 Å². The monoisotopic (exact) mass is 260 g/mol. The highest BCUT2D eigenvalue weighted by Gasteiger charge is 2.11. The molecule has 0 radical (unpaired) electrons. The minimum atomic E-state index is -0.375. The third-order valence-electron chi connectivity index (χ3n) is 2.35. The molecular formula is C13H9ClN2O2. The van der Waals surface area contributed by atoms with Crippen molar-refractivity contribution in [3.05, 3.63) is 41.2 Å². The van der Waals surface area contributed by atoms with Crippen LogP contribution >= 0.6 is 11.6 Å². The predicted octanol–water partition coefficient (Wildman–Crippen LogP) is 3.13. The van der Waals surface area contributed by atoms with Gasteiger partial charge in [0, 0.05) is 18.7 Å². The van der Waals surface area contributed by atoms with Crippen molar-refractivity contribution in [2.45, 2.75) is 6.92 Å². The Kier molecular flexibility index (Phi) is 3.35. The number of nitrogens with one attached hydrogen (secondary N) is 1. The molecule has 0 spiro atoms. The van der Waals surface area contributed by atoms with E-state index in [4.69, 9.17) is 21.6 Å². The van der Waals surface area contributed by atoms with Crippen LogP contribution < -0.4 is 4.74 Å². The molecule has 1 N–H and O–H groups in total. The Labute approximate surface area is 109 Å². The zero-order valence-corrected chi connectivity index (χ0v) is 10.3. The summed E-state index contributed by atoms with van der Waals surface area (Å²) in [5.74, 6) is 0.0801. The van der Waals surface area contributed by atoms with Crippen LogP contribution in [-0.4, -0.2) is 11.0 Å². The van der Waals surface area contributed by atoms with Gasteiger partial charge in [-0.25, -0.2) is 0 Å². The molecule has 0 fully saturated rings. The number of rotatable bonds is 2. The van der Waals surface area contributed by atoms with Crippen molar-refractivity contribution in [1.82, 2.24) is 4.98 Å². The topological polar surface area (TPSA) is 65.9 Å². The van der Waals surface area contributed by atoms with Crippen LogP contribution in [0.3, 0.4) is 0 Å². The van der Waals surface area contributed by atoms with Gasteiger partial charge in [0.1, 0.15) is 17.5 Å². The van der Waals surface area contributed by atoms with Crippen molar-refractivity contribution in [2.24, 2.45) is 0 Å². The molecule has 18 heavy (non-hydrogen) atoms. The number of H-pyrrole nitrogens is 1. The summed E-state index contributed by atoms with van der Waals surface area (Å²) in [6.45, 7) is 1.34. The molecule has 0 aliphatic rings. The van der Waals surface area contributed by atoms with E-state index in [1.54, 1.807) is 30.5 Å². The van der Waals surface area contributed by atoms with Gasteiger partial charge in [-0.15, -0.1) is 0 Å². The second kappa shape index (κ2) is 4.94. The van der Waals surface area contributed by atoms with Crippen molar-refractivity contribution in [3.8, 4) is 22.9 Å². The van der Waals surface area contributed by atoms with Gasteiger partial charge in [0.05, 0.1) is 5.02 Å². The Hall–Kier alpha value is -2.25. The summed E-state index contributed by atoms with van der Waals surface area (Å²) in [5, 5.41) is 9.44. The van der Waals surface area contributed by atoms with Crippen LogP contribution in [0.4, 0.5) is 0 Å². The van der Waals surface area contributed by atoms with Crippen molar-refractivity contribution >= 4 is 17.6 Å². The standard InChI is InChI=1S/C13H9ClN2O2/c1-8(17)18-10-4-2-9(3-5-10)13-11(14)7-16-12(13)6-15/h2-5,7,16H,1H3. The van der Waals surface area contributed by atoms with E-state index in [1.807, 2.05) is 6.07 Å². The molecule has 0 aliphatic heterocycles. The first-order valence-corrected chi connectivity index (χ1v) is 5.55. The van der Waals surface area contributed by atoms with Crippen LogP contribution in [0, 0.1) is 11.3 Å². The van der Waals surface area contributed by atoms with Gasteiger partial charge in [-0.2, -0.15) is 5.26 Å². The molecule has 0 saturated heterocycles. The van der Waals surface area contributed by atoms with E-state index in [0.29, 0.717) is 22.0 Å². The molecule has 0 saturated carbocycles. The molecule has 0 unspecified atom stereocenters. The third kappa shape index (κ3) is 2.36. The lowest BCUT2D eigenvalue weighted by molar-refractivity contribution is -0.131. The Morgan fingerprint density at radius 2 is 2.06 bits per heavy atom. The van der Waals surface area contributed by atoms with Gasteiger partial charge in [-0.1, -0.05) is 23.7 Å². The summed E-state index contributed by atoms with van der Waals surface area (Å²) in [6, 6.07) is 8.83.